The van der Waals surface area contributed by atoms with Gasteiger partial charge in [-0.15, -0.1) is 0 Å². The normalized spacial score (nSPS) is 9.89. The van der Waals surface area contributed by atoms with E-state index in [2.05, 4.69) is 10.3 Å². The number of rotatable bonds is 5. The van der Waals surface area contributed by atoms with Gasteiger partial charge in [0.2, 0.25) is 11.5 Å². The van der Waals surface area contributed by atoms with Crippen LogP contribution in [0.4, 0.5) is 0 Å². The van der Waals surface area contributed by atoms with E-state index in [1.54, 1.807) is 0 Å². The molecule has 2 amide bonds. The van der Waals surface area contributed by atoms with Crippen LogP contribution < -0.4 is 10.9 Å². The van der Waals surface area contributed by atoms with Crippen LogP contribution in [0.5, 0.6) is 0 Å². The Kier molecular flexibility index (Phi) is 5.10. The first-order valence-electron chi connectivity index (χ1n) is 5.77. The molecule has 1 heterocycles. The lowest BCUT2D eigenvalue weighted by Gasteiger charge is -2.21. The minimum absolute atomic E-state index is 0.0162. The molecule has 0 atom stereocenters. The maximum atomic E-state index is 12.1. The molecule has 0 bridgehead atoms. The summed E-state index contributed by atoms with van der Waals surface area (Å²) in [6, 6.07) is 2.74. The first kappa shape index (κ1) is 14.0. The Bertz CT molecular complexity index is 461. The van der Waals surface area contributed by atoms with Gasteiger partial charge >= 0.3 is 0 Å². The molecule has 2 N–H and O–H groups in total. The van der Waals surface area contributed by atoms with Gasteiger partial charge in [-0.25, -0.2) is 0 Å². The first-order valence-corrected chi connectivity index (χ1v) is 5.77. The molecule has 0 spiro atoms. The lowest BCUT2D eigenvalue weighted by molar-refractivity contribution is -0.121. The molecule has 1 rings (SSSR count). The summed E-state index contributed by atoms with van der Waals surface area (Å²) >= 11 is 0. The van der Waals surface area contributed by atoms with E-state index in [9.17, 15) is 14.4 Å². The van der Waals surface area contributed by atoms with Gasteiger partial charge in [-0.05, 0) is 12.5 Å². The van der Waals surface area contributed by atoms with Crippen LogP contribution in [-0.4, -0.2) is 41.8 Å². The van der Waals surface area contributed by atoms with Crippen molar-refractivity contribution in [3.05, 3.63) is 34.2 Å². The number of nitrogens with zero attached hydrogens (tertiary/aromatic N) is 1. The molecule has 0 unspecified atom stereocenters. The highest BCUT2D eigenvalue weighted by Crippen LogP contribution is 2.02. The van der Waals surface area contributed by atoms with Crippen molar-refractivity contribution in [2.45, 2.75) is 13.3 Å². The number of carbonyl (C=O) groups is 2. The molecule has 0 aliphatic carbocycles. The molecule has 0 saturated carbocycles. The van der Waals surface area contributed by atoms with Gasteiger partial charge in [-0.3, -0.25) is 14.4 Å². The number of pyridine rings is 1. The molecule has 0 fully saturated rings. The summed E-state index contributed by atoms with van der Waals surface area (Å²) in [5.74, 6) is -0.488. The number of likely N-dealkylation sites (N-methyl/N-ethyl adjacent to an activating group) is 1. The Morgan fingerprint density at radius 1 is 1.39 bits per heavy atom. The molecule has 0 saturated heterocycles. The van der Waals surface area contributed by atoms with Crippen molar-refractivity contribution >= 4 is 11.8 Å². The second-order valence-electron chi connectivity index (χ2n) is 3.84. The van der Waals surface area contributed by atoms with Crippen molar-refractivity contribution in [3.8, 4) is 0 Å². The van der Waals surface area contributed by atoms with Gasteiger partial charge in [-0.1, -0.05) is 6.92 Å². The van der Waals surface area contributed by atoms with Gasteiger partial charge in [-0.2, -0.15) is 0 Å². The lowest BCUT2D eigenvalue weighted by Crippen LogP contribution is -2.40. The Balaban J connectivity index is 2.84. The van der Waals surface area contributed by atoms with Gasteiger partial charge in [0.05, 0.1) is 12.1 Å². The average Bonchev–Trinajstić information content (AvgIpc) is 2.38. The predicted octanol–water partition coefficient (Wildman–Crippen LogP) is -0.0269. The molecular formula is C12H17N3O3. The summed E-state index contributed by atoms with van der Waals surface area (Å²) in [5.41, 5.74) is 0.104. The van der Waals surface area contributed by atoms with Crippen molar-refractivity contribution in [1.82, 2.24) is 15.2 Å². The number of aromatic nitrogens is 1. The van der Waals surface area contributed by atoms with Crippen LogP contribution in [0, 0.1) is 0 Å². The number of hydrogen-bond acceptors (Lipinski definition) is 3. The smallest absolute Gasteiger partial charge is 0.255 e. The second-order valence-corrected chi connectivity index (χ2v) is 3.84. The maximum absolute atomic E-state index is 12.1. The number of H-pyrrole nitrogens is 1. The van der Waals surface area contributed by atoms with E-state index < -0.39 is 0 Å². The predicted molar refractivity (Wildman–Crippen MR) is 67.3 cm³/mol. The van der Waals surface area contributed by atoms with E-state index in [1.807, 2.05) is 6.92 Å². The maximum Gasteiger partial charge on any atom is 0.255 e. The summed E-state index contributed by atoms with van der Waals surface area (Å²) in [7, 11) is 1.52. The summed E-state index contributed by atoms with van der Waals surface area (Å²) in [4.78, 5) is 38.3. The minimum Gasteiger partial charge on any atom is -0.358 e. The van der Waals surface area contributed by atoms with E-state index in [1.165, 1.54) is 30.3 Å². The zero-order valence-electron chi connectivity index (χ0n) is 10.5. The molecule has 0 radical (unpaired) electrons. The van der Waals surface area contributed by atoms with E-state index in [-0.39, 0.29) is 23.9 Å². The second kappa shape index (κ2) is 6.58. The van der Waals surface area contributed by atoms with Crippen LogP contribution in [0.1, 0.15) is 23.7 Å². The van der Waals surface area contributed by atoms with Crippen molar-refractivity contribution < 1.29 is 9.59 Å². The fraction of sp³-hybridized carbons (Fsp3) is 0.417. The van der Waals surface area contributed by atoms with E-state index >= 15 is 0 Å². The van der Waals surface area contributed by atoms with E-state index in [0.717, 1.165) is 6.42 Å². The molecule has 0 aliphatic heterocycles. The largest absolute Gasteiger partial charge is 0.358 e. The molecule has 0 aromatic carbocycles. The fourth-order valence-electron chi connectivity index (χ4n) is 1.50. The third-order valence-corrected chi connectivity index (χ3v) is 2.43. The third kappa shape index (κ3) is 3.73. The topological polar surface area (TPSA) is 82.3 Å². The van der Waals surface area contributed by atoms with Crippen LogP contribution in [0.15, 0.2) is 23.1 Å². The third-order valence-electron chi connectivity index (χ3n) is 2.43. The van der Waals surface area contributed by atoms with E-state index in [0.29, 0.717) is 12.1 Å². The minimum atomic E-state index is -0.267. The van der Waals surface area contributed by atoms with Crippen molar-refractivity contribution in [2.24, 2.45) is 0 Å². The van der Waals surface area contributed by atoms with Gasteiger partial charge in [0.25, 0.3) is 5.91 Å². The Hall–Kier alpha value is -2.11. The SMILES string of the molecule is CCCN(CC(=O)NC)C(=O)c1ccc(=O)[nH]c1. The average molecular weight is 251 g/mol. The highest BCUT2D eigenvalue weighted by atomic mass is 16.2. The Morgan fingerprint density at radius 3 is 2.61 bits per heavy atom. The number of carbonyl (C=O) groups excluding carboxylic acids is 2. The van der Waals surface area contributed by atoms with Crippen LogP contribution in [0.25, 0.3) is 0 Å². The van der Waals surface area contributed by atoms with Crippen LogP contribution in [0.3, 0.4) is 0 Å². The van der Waals surface area contributed by atoms with Crippen LogP contribution >= 0.6 is 0 Å². The van der Waals surface area contributed by atoms with Crippen molar-refractivity contribution in [1.29, 1.82) is 0 Å². The molecule has 1 aromatic heterocycles. The summed E-state index contributed by atoms with van der Waals surface area (Å²) in [6.07, 6.45) is 2.11. The highest BCUT2D eigenvalue weighted by molar-refractivity contribution is 5.96. The van der Waals surface area contributed by atoms with Crippen molar-refractivity contribution in [3.63, 3.8) is 0 Å². The van der Waals surface area contributed by atoms with Gasteiger partial charge in [0, 0.05) is 25.9 Å². The van der Waals surface area contributed by atoms with Gasteiger partial charge in [0.15, 0.2) is 0 Å². The Labute approximate surface area is 105 Å². The quantitative estimate of drug-likeness (QED) is 0.771. The lowest BCUT2D eigenvalue weighted by atomic mass is 10.2. The molecule has 6 nitrogen and oxygen atoms in total. The molecular weight excluding hydrogens is 234 g/mol. The van der Waals surface area contributed by atoms with Crippen LogP contribution in [-0.2, 0) is 4.79 Å². The zero-order valence-corrected chi connectivity index (χ0v) is 10.5. The van der Waals surface area contributed by atoms with E-state index in [4.69, 9.17) is 0 Å². The number of nitrogens with one attached hydrogen (secondary N) is 2. The van der Waals surface area contributed by atoms with Gasteiger partial charge in [0.1, 0.15) is 0 Å². The number of amides is 2. The first-order chi connectivity index (χ1) is 8.58. The summed E-state index contributed by atoms with van der Waals surface area (Å²) in [6.45, 7) is 2.44. The summed E-state index contributed by atoms with van der Waals surface area (Å²) in [5, 5.41) is 2.48. The summed E-state index contributed by atoms with van der Waals surface area (Å²) < 4.78 is 0. The molecule has 0 aliphatic rings. The molecule has 98 valence electrons. The monoisotopic (exact) mass is 251 g/mol. The standard InChI is InChI=1S/C12H17N3O3/c1-3-6-15(8-11(17)13-2)12(18)9-4-5-10(16)14-7-9/h4-5,7H,3,6,8H2,1-2H3,(H,13,17)(H,14,16). The molecule has 1 aromatic rings. The Morgan fingerprint density at radius 2 is 2.11 bits per heavy atom. The highest BCUT2D eigenvalue weighted by Gasteiger charge is 2.17. The molecule has 6 heteroatoms. The number of aromatic amines is 1. The number of hydrogen-bond donors (Lipinski definition) is 2. The van der Waals surface area contributed by atoms with Crippen LogP contribution in [0.2, 0.25) is 0 Å². The zero-order chi connectivity index (χ0) is 13.5. The van der Waals surface area contributed by atoms with Gasteiger partial charge < -0.3 is 15.2 Å². The fourth-order valence-corrected chi connectivity index (χ4v) is 1.50. The molecule has 18 heavy (non-hydrogen) atoms. The van der Waals surface area contributed by atoms with Crippen molar-refractivity contribution in [2.75, 3.05) is 20.1 Å².